The van der Waals surface area contributed by atoms with Gasteiger partial charge in [0.05, 0.1) is 5.69 Å². The lowest BCUT2D eigenvalue weighted by Crippen LogP contribution is -2.50. The molecule has 7 heteroatoms. The molecule has 0 atom stereocenters. The van der Waals surface area contributed by atoms with Crippen LogP contribution >= 0.6 is 11.3 Å². The van der Waals surface area contributed by atoms with Crippen LogP contribution in [0.4, 0.5) is 10.9 Å². The first-order valence-electron chi connectivity index (χ1n) is 6.30. The van der Waals surface area contributed by atoms with Crippen molar-refractivity contribution in [1.82, 2.24) is 20.4 Å². The monoisotopic (exact) mass is 276 g/mol. The first-order chi connectivity index (χ1) is 9.20. The summed E-state index contributed by atoms with van der Waals surface area (Å²) in [5.74, 6) is 1.60. The zero-order chi connectivity index (χ0) is 13.2. The maximum absolute atomic E-state index is 4.19. The fourth-order valence-corrected chi connectivity index (χ4v) is 2.64. The van der Waals surface area contributed by atoms with Gasteiger partial charge in [-0.3, -0.25) is 0 Å². The van der Waals surface area contributed by atoms with E-state index in [9.17, 15) is 0 Å². The maximum Gasteiger partial charge on any atom is 0.205 e. The minimum absolute atomic E-state index is 0.632. The first-order valence-corrected chi connectivity index (χ1v) is 7.11. The van der Waals surface area contributed by atoms with Gasteiger partial charge in [-0.05, 0) is 26.0 Å². The quantitative estimate of drug-likeness (QED) is 0.912. The van der Waals surface area contributed by atoms with Crippen LogP contribution < -0.4 is 10.2 Å². The third-order valence-electron chi connectivity index (χ3n) is 3.13. The smallest absolute Gasteiger partial charge is 0.205 e. The topological polar surface area (TPSA) is 66.8 Å². The van der Waals surface area contributed by atoms with Gasteiger partial charge in [-0.25, -0.2) is 0 Å². The molecule has 1 aliphatic rings. The van der Waals surface area contributed by atoms with Crippen LogP contribution in [-0.4, -0.2) is 40.0 Å². The summed E-state index contributed by atoms with van der Waals surface area (Å²) in [6.07, 6.45) is 0. The van der Waals surface area contributed by atoms with E-state index in [-0.39, 0.29) is 0 Å². The lowest BCUT2D eigenvalue weighted by Gasteiger charge is -2.39. The van der Waals surface area contributed by atoms with E-state index in [1.54, 1.807) is 11.3 Å². The molecule has 6 nitrogen and oxygen atoms in total. The van der Waals surface area contributed by atoms with E-state index < -0.39 is 0 Å². The van der Waals surface area contributed by atoms with E-state index in [1.165, 1.54) is 0 Å². The molecule has 0 bridgehead atoms. The van der Waals surface area contributed by atoms with Gasteiger partial charge in [-0.2, -0.15) is 5.10 Å². The first kappa shape index (κ1) is 12.3. The average Bonchev–Trinajstić information content (AvgIpc) is 2.75. The van der Waals surface area contributed by atoms with Crippen LogP contribution in [0.25, 0.3) is 0 Å². The molecule has 0 spiro atoms. The number of aryl methyl sites for hydroxylation is 2. The fraction of sp³-hybridized carbons (Fsp3) is 0.500. The normalized spacial score (nSPS) is 15.4. The van der Waals surface area contributed by atoms with Crippen LogP contribution in [0.5, 0.6) is 0 Å². The van der Waals surface area contributed by atoms with Crippen molar-refractivity contribution in [2.45, 2.75) is 13.8 Å². The van der Waals surface area contributed by atoms with Crippen LogP contribution in [0.3, 0.4) is 0 Å². The number of anilines is 2. The second-order valence-electron chi connectivity index (χ2n) is 4.81. The Hall–Kier alpha value is -1.76. The number of nitrogens with zero attached hydrogens (tertiary/aromatic N) is 5. The van der Waals surface area contributed by atoms with Crippen LogP contribution in [0.2, 0.25) is 0 Å². The van der Waals surface area contributed by atoms with Crippen molar-refractivity contribution in [1.29, 1.82) is 0 Å². The molecule has 1 N–H and O–H groups in total. The third-order valence-corrected chi connectivity index (χ3v) is 3.93. The van der Waals surface area contributed by atoms with Gasteiger partial charge in [0.15, 0.2) is 5.82 Å². The second kappa shape index (κ2) is 5.08. The van der Waals surface area contributed by atoms with E-state index in [0.717, 1.165) is 41.3 Å². The van der Waals surface area contributed by atoms with E-state index in [2.05, 4.69) is 30.6 Å². The number of aromatic nitrogens is 4. The summed E-state index contributed by atoms with van der Waals surface area (Å²) in [6.45, 7) is 6.88. The Labute approximate surface area is 115 Å². The molecule has 1 saturated heterocycles. The molecule has 1 aliphatic heterocycles. The van der Waals surface area contributed by atoms with Gasteiger partial charge in [0.25, 0.3) is 0 Å². The Morgan fingerprint density at radius 2 is 2.05 bits per heavy atom. The third kappa shape index (κ3) is 2.81. The molecule has 0 aliphatic carbocycles. The summed E-state index contributed by atoms with van der Waals surface area (Å²) in [7, 11) is 0. The number of hydrogen-bond donors (Lipinski definition) is 1. The van der Waals surface area contributed by atoms with Gasteiger partial charge in [-0.1, -0.05) is 11.3 Å². The molecule has 100 valence electrons. The molecular formula is C12H16N6S. The van der Waals surface area contributed by atoms with Crippen LogP contribution in [0, 0.1) is 19.8 Å². The lowest BCUT2D eigenvalue weighted by atomic mass is 10.0. The van der Waals surface area contributed by atoms with Gasteiger partial charge >= 0.3 is 0 Å². The zero-order valence-electron chi connectivity index (χ0n) is 11.0. The molecule has 3 rings (SSSR count). The minimum Gasteiger partial charge on any atom is -0.360 e. The van der Waals surface area contributed by atoms with Crippen molar-refractivity contribution in [2.75, 3.05) is 29.9 Å². The largest absolute Gasteiger partial charge is 0.360 e. The molecule has 19 heavy (non-hydrogen) atoms. The lowest BCUT2D eigenvalue weighted by molar-refractivity contribution is 0.425. The second-order valence-corrected chi connectivity index (χ2v) is 5.99. The summed E-state index contributed by atoms with van der Waals surface area (Å²) in [6, 6.07) is 4.03. The minimum atomic E-state index is 0.632. The Morgan fingerprint density at radius 1 is 1.21 bits per heavy atom. The van der Waals surface area contributed by atoms with Crippen molar-refractivity contribution in [2.24, 2.45) is 5.92 Å². The molecule has 1 fully saturated rings. The summed E-state index contributed by atoms with van der Waals surface area (Å²) in [5, 5.41) is 21.5. The van der Waals surface area contributed by atoms with E-state index in [0.29, 0.717) is 5.92 Å². The van der Waals surface area contributed by atoms with Gasteiger partial charge in [-0.15, -0.1) is 15.3 Å². The van der Waals surface area contributed by atoms with Gasteiger partial charge < -0.3 is 10.2 Å². The van der Waals surface area contributed by atoms with E-state index >= 15 is 0 Å². The molecule has 3 heterocycles. The number of nitrogens with one attached hydrogen (secondary N) is 1. The van der Waals surface area contributed by atoms with Crippen molar-refractivity contribution in [3.05, 3.63) is 22.8 Å². The molecule has 0 radical (unpaired) electrons. The summed E-state index contributed by atoms with van der Waals surface area (Å²) < 4.78 is 0. The van der Waals surface area contributed by atoms with Crippen molar-refractivity contribution >= 4 is 22.3 Å². The summed E-state index contributed by atoms with van der Waals surface area (Å²) in [4.78, 5) is 2.24. The Bertz CT molecular complexity index is 546. The van der Waals surface area contributed by atoms with Crippen LogP contribution in [-0.2, 0) is 0 Å². The zero-order valence-corrected chi connectivity index (χ0v) is 11.8. The predicted molar refractivity (Wildman–Crippen MR) is 75.6 cm³/mol. The standard InChI is InChI=1S/C12H16N6S/c1-8-3-4-11(16-14-8)18-6-10(7-18)5-13-12-17-15-9(2)19-12/h3-4,10H,5-7H2,1-2H3,(H,13,17). The van der Waals surface area contributed by atoms with Gasteiger partial charge in [0, 0.05) is 25.6 Å². The summed E-state index contributed by atoms with van der Waals surface area (Å²) in [5.41, 5.74) is 0.953. The molecular weight excluding hydrogens is 260 g/mol. The Balaban J connectivity index is 1.46. The van der Waals surface area contributed by atoms with Crippen molar-refractivity contribution in [3.8, 4) is 0 Å². The fourth-order valence-electron chi connectivity index (χ4n) is 2.05. The Kier molecular flexibility index (Phi) is 3.29. The van der Waals surface area contributed by atoms with E-state index in [1.807, 2.05) is 26.0 Å². The Morgan fingerprint density at radius 3 is 2.68 bits per heavy atom. The van der Waals surface area contributed by atoms with Crippen molar-refractivity contribution < 1.29 is 0 Å². The molecule has 0 saturated carbocycles. The highest BCUT2D eigenvalue weighted by Crippen LogP contribution is 2.23. The predicted octanol–water partition coefficient (Wildman–Crippen LogP) is 1.49. The maximum atomic E-state index is 4.19. The molecule has 0 aromatic carbocycles. The van der Waals surface area contributed by atoms with Gasteiger partial charge in [0.1, 0.15) is 5.01 Å². The molecule has 0 unspecified atom stereocenters. The average molecular weight is 276 g/mol. The highest BCUT2D eigenvalue weighted by molar-refractivity contribution is 7.15. The highest BCUT2D eigenvalue weighted by Gasteiger charge is 2.27. The number of rotatable bonds is 4. The number of hydrogen-bond acceptors (Lipinski definition) is 7. The molecule has 2 aromatic heterocycles. The molecule has 2 aromatic rings. The molecule has 0 amide bonds. The summed E-state index contributed by atoms with van der Waals surface area (Å²) >= 11 is 1.59. The highest BCUT2D eigenvalue weighted by atomic mass is 32.1. The SMILES string of the molecule is Cc1ccc(N2CC(CNc3nnc(C)s3)C2)nn1. The van der Waals surface area contributed by atoms with E-state index in [4.69, 9.17) is 0 Å². The van der Waals surface area contributed by atoms with Crippen molar-refractivity contribution in [3.63, 3.8) is 0 Å². The van der Waals surface area contributed by atoms with Crippen LogP contribution in [0.15, 0.2) is 12.1 Å². The van der Waals surface area contributed by atoms with Gasteiger partial charge in [0.2, 0.25) is 5.13 Å². The van der Waals surface area contributed by atoms with Crippen LogP contribution in [0.1, 0.15) is 10.7 Å².